The molecule has 1 N–H and O–H groups in total. The quantitative estimate of drug-likeness (QED) is 0.762. The first kappa shape index (κ1) is 12.2. The van der Waals surface area contributed by atoms with Crippen LogP contribution in [0.25, 0.3) is 0 Å². The summed E-state index contributed by atoms with van der Waals surface area (Å²) < 4.78 is 39.9. The molecule has 2 rings (SSSR count). The van der Waals surface area contributed by atoms with Gasteiger partial charge in [0.05, 0.1) is 5.60 Å². The molecule has 2 saturated carbocycles. The lowest BCUT2D eigenvalue weighted by molar-refractivity contribution is -0.175. The molecule has 2 fully saturated rings. The Balaban J connectivity index is 1.67. The maximum atomic E-state index is 11.8. The molecule has 0 saturated heterocycles. The van der Waals surface area contributed by atoms with Crippen LogP contribution in [0.1, 0.15) is 32.1 Å². The molecule has 0 bridgehead atoms. The zero-order valence-electron chi connectivity index (χ0n) is 9.09. The van der Waals surface area contributed by atoms with Crippen LogP contribution in [0.2, 0.25) is 0 Å². The predicted molar refractivity (Wildman–Crippen MR) is 51.9 cm³/mol. The lowest BCUT2D eigenvalue weighted by atomic mass is 10.0. The average molecular weight is 238 g/mol. The fourth-order valence-corrected chi connectivity index (χ4v) is 3.01. The van der Waals surface area contributed by atoms with E-state index < -0.39 is 18.4 Å². The molecular weight excluding hydrogens is 221 g/mol. The van der Waals surface area contributed by atoms with Gasteiger partial charge in [-0.05, 0) is 24.7 Å². The van der Waals surface area contributed by atoms with E-state index in [1.54, 1.807) is 0 Å². The van der Waals surface area contributed by atoms with Gasteiger partial charge in [0.2, 0.25) is 0 Å². The molecule has 0 spiro atoms. The molecule has 2 unspecified atom stereocenters. The Kier molecular flexibility index (Phi) is 3.18. The van der Waals surface area contributed by atoms with Crippen molar-refractivity contribution >= 4 is 0 Å². The molecule has 0 radical (unpaired) electrons. The number of halogens is 3. The van der Waals surface area contributed by atoms with Crippen molar-refractivity contribution in [2.45, 2.75) is 43.9 Å². The zero-order valence-corrected chi connectivity index (χ0v) is 9.09. The molecule has 94 valence electrons. The summed E-state index contributed by atoms with van der Waals surface area (Å²) in [5.74, 6) is 0.631. The Bertz CT molecular complexity index is 240. The van der Waals surface area contributed by atoms with Crippen LogP contribution in [0, 0.1) is 11.8 Å². The second-order valence-corrected chi connectivity index (χ2v) is 4.91. The molecule has 0 heterocycles. The summed E-state index contributed by atoms with van der Waals surface area (Å²) in [5.41, 5.74) is -0.720. The van der Waals surface area contributed by atoms with Crippen LogP contribution in [0.3, 0.4) is 0 Å². The average Bonchev–Trinajstić information content (AvgIpc) is 2.80. The molecule has 5 heteroatoms. The van der Waals surface area contributed by atoms with Crippen molar-refractivity contribution in [2.24, 2.45) is 11.8 Å². The van der Waals surface area contributed by atoms with Crippen LogP contribution in [-0.4, -0.2) is 30.1 Å². The number of hydrogen-bond donors (Lipinski definition) is 1. The van der Waals surface area contributed by atoms with Crippen molar-refractivity contribution in [3.05, 3.63) is 0 Å². The minimum atomic E-state index is -4.26. The normalized spacial score (nSPS) is 38.2. The molecule has 0 amide bonds. The molecule has 2 aliphatic rings. The van der Waals surface area contributed by atoms with E-state index in [1.165, 1.54) is 0 Å². The highest BCUT2D eigenvalue weighted by Crippen LogP contribution is 2.60. The van der Waals surface area contributed by atoms with Crippen molar-refractivity contribution in [3.63, 3.8) is 0 Å². The number of alkyl halides is 3. The van der Waals surface area contributed by atoms with Gasteiger partial charge in [0.25, 0.3) is 0 Å². The van der Waals surface area contributed by atoms with E-state index in [4.69, 9.17) is 0 Å². The van der Waals surface area contributed by atoms with Gasteiger partial charge in [-0.25, -0.2) is 0 Å². The third kappa shape index (κ3) is 2.51. The van der Waals surface area contributed by atoms with Crippen molar-refractivity contribution in [1.29, 1.82) is 0 Å². The summed E-state index contributed by atoms with van der Waals surface area (Å²) in [5, 5.41) is 10.2. The molecule has 16 heavy (non-hydrogen) atoms. The summed E-state index contributed by atoms with van der Waals surface area (Å²) in [7, 11) is 0. The number of ether oxygens (including phenoxy) is 1. The minimum Gasteiger partial charge on any atom is -0.389 e. The Hall–Kier alpha value is -0.290. The van der Waals surface area contributed by atoms with Crippen molar-refractivity contribution in [3.8, 4) is 0 Å². The minimum absolute atomic E-state index is 0.00299. The Morgan fingerprint density at radius 1 is 1.19 bits per heavy atom. The lowest BCUT2D eigenvalue weighted by Gasteiger charge is -2.12. The molecular formula is C11H17F3O2. The molecule has 0 aromatic carbocycles. The highest BCUT2D eigenvalue weighted by Gasteiger charge is 2.62. The van der Waals surface area contributed by atoms with E-state index in [2.05, 4.69) is 4.74 Å². The Morgan fingerprint density at radius 3 is 2.25 bits per heavy atom. The zero-order chi connectivity index (χ0) is 11.8. The number of aliphatic hydroxyl groups is 1. The third-order valence-electron chi connectivity index (χ3n) is 3.85. The molecule has 2 atom stereocenters. The first-order valence-corrected chi connectivity index (χ1v) is 5.80. The van der Waals surface area contributed by atoms with Crippen LogP contribution in [0.5, 0.6) is 0 Å². The fourth-order valence-electron chi connectivity index (χ4n) is 3.01. The largest absolute Gasteiger partial charge is 0.411 e. The molecule has 0 aliphatic heterocycles. The topological polar surface area (TPSA) is 29.5 Å². The van der Waals surface area contributed by atoms with Gasteiger partial charge >= 0.3 is 6.18 Å². The van der Waals surface area contributed by atoms with Gasteiger partial charge in [-0.2, -0.15) is 13.2 Å². The van der Waals surface area contributed by atoms with E-state index in [1.807, 2.05) is 0 Å². The molecule has 0 aromatic heterocycles. The molecule has 2 aliphatic carbocycles. The highest BCUT2D eigenvalue weighted by molar-refractivity contribution is 5.12. The second kappa shape index (κ2) is 4.18. The van der Waals surface area contributed by atoms with Gasteiger partial charge in [-0.3, -0.25) is 0 Å². The second-order valence-electron chi connectivity index (χ2n) is 4.91. The summed E-state index contributed by atoms with van der Waals surface area (Å²) in [6.07, 6.45) is 0.373. The van der Waals surface area contributed by atoms with Crippen LogP contribution in [-0.2, 0) is 4.74 Å². The lowest BCUT2D eigenvalue weighted by Crippen LogP contribution is -2.21. The first-order chi connectivity index (χ1) is 7.43. The van der Waals surface area contributed by atoms with Gasteiger partial charge < -0.3 is 9.84 Å². The smallest absolute Gasteiger partial charge is 0.389 e. The monoisotopic (exact) mass is 238 g/mol. The van der Waals surface area contributed by atoms with Gasteiger partial charge in [-0.1, -0.05) is 12.8 Å². The van der Waals surface area contributed by atoms with Crippen LogP contribution in [0.4, 0.5) is 13.2 Å². The van der Waals surface area contributed by atoms with E-state index in [0.717, 1.165) is 25.7 Å². The Labute approximate surface area is 92.8 Å². The van der Waals surface area contributed by atoms with Crippen LogP contribution in [0.15, 0.2) is 0 Å². The maximum absolute atomic E-state index is 11.8. The predicted octanol–water partition coefficient (Wildman–Crippen LogP) is 2.51. The van der Waals surface area contributed by atoms with Gasteiger partial charge in [0.15, 0.2) is 0 Å². The van der Waals surface area contributed by atoms with Gasteiger partial charge in [0.1, 0.15) is 6.61 Å². The number of rotatable bonds is 4. The van der Waals surface area contributed by atoms with Gasteiger partial charge in [0, 0.05) is 13.0 Å². The third-order valence-corrected chi connectivity index (χ3v) is 3.85. The summed E-state index contributed by atoms with van der Waals surface area (Å²) in [4.78, 5) is 0. The summed E-state index contributed by atoms with van der Waals surface area (Å²) >= 11 is 0. The van der Waals surface area contributed by atoms with E-state index >= 15 is 0 Å². The number of hydrogen-bond acceptors (Lipinski definition) is 2. The van der Waals surface area contributed by atoms with E-state index in [9.17, 15) is 18.3 Å². The number of fused-ring (bicyclic) bond motifs is 1. The van der Waals surface area contributed by atoms with E-state index in [0.29, 0.717) is 18.3 Å². The van der Waals surface area contributed by atoms with Gasteiger partial charge in [-0.15, -0.1) is 0 Å². The van der Waals surface area contributed by atoms with Crippen LogP contribution < -0.4 is 0 Å². The molecule has 0 aromatic rings. The van der Waals surface area contributed by atoms with Crippen molar-refractivity contribution < 1.29 is 23.0 Å². The fraction of sp³-hybridized carbons (Fsp3) is 1.00. The van der Waals surface area contributed by atoms with Crippen LogP contribution >= 0.6 is 0 Å². The van der Waals surface area contributed by atoms with E-state index in [-0.39, 0.29) is 6.61 Å². The van der Waals surface area contributed by atoms with Crippen molar-refractivity contribution in [2.75, 3.05) is 13.2 Å². The maximum Gasteiger partial charge on any atom is 0.411 e. The standard InChI is InChI=1S/C11H17F3O2/c12-11(13,14)7-16-6-5-10(15)8-3-1-2-4-9(8)10/h8-9,15H,1-7H2. The summed E-state index contributed by atoms with van der Waals surface area (Å²) in [6, 6.07) is 0. The first-order valence-electron chi connectivity index (χ1n) is 5.80. The summed E-state index contributed by atoms with van der Waals surface area (Å²) in [6.45, 7) is -1.21. The van der Waals surface area contributed by atoms with Crippen molar-refractivity contribution in [1.82, 2.24) is 0 Å². The molecule has 2 nitrogen and oxygen atoms in total. The Morgan fingerprint density at radius 2 is 1.75 bits per heavy atom. The SMILES string of the molecule is OC1(CCOCC(F)(F)F)C2CCCCC21. The highest BCUT2D eigenvalue weighted by atomic mass is 19.4.